The van der Waals surface area contributed by atoms with Crippen molar-refractivity contribution < 1.29 is 19.4 Å². The highest BCUT2D eigenvalue weighted by Gasteiger charge is 2.14. The number of carboxylic acids is 1. The van der Waals surface area contributed by atoms with Crippen molar-refractivity contribution in [2.75, 3.05) is 13.7 Å². The monoisotopic (exact) mass is 393 g/mol. The first kappa shape index (κ1) is 20.3. The van der Waals surface area contributed by atoms with Crippen molar-refractivity contribution in [1.29, 1.82) is 0 Å². The van der Waals surface area contributed by atoms with E-state index in [1.807, 2.05) is 36.5 Å². The minimum atomic E-state index is -0.890. The number of hydrogen-bond acceptors (Lipinski definition) is 5. The summed E-state index contributed by atoms with van der Waals surface area (Å²) in [6, 6.07) is 13.1. The van der Waals surface area contributed by atoms with Crippen LogP contribution in [0.5, 0.6) is 5.75 Å². The van der Waals surface area contributed by atoms with Gasteiger partial charge in [-0.3, -0.25) is 9.59 Å². The Bertz CT molecular complexity index is 1010. The van der Waals surface area contributed by atoms with Crippen LogP contribution in [-0.2, 0) is 22.6 Å². The Labute approximate surface area is 168 Å². The first-order valence-electron chi connectivity index (χ1n) is 9.20. The molecule has 1 heterocycles. The number of carbonyl (C=O) groups is 2. The van der Waals surface area contributed by atoms with Gasteiger partial charge in [0.2, 0.25) is 0 Å². The van der Waals surface area contributed by atoms with Gasteiger partial charge < -0.3 is 15.2 Å². The normalized spacial score (nSPS) is 10.7. The van der Waals surface area contributed by atoms with Gasteiger partial charge in [0, 0.05) is 24.5 Å². The molecule has 0 saturated carbocycles. The number of rotatable bonds is 9. The van der Waals surface area contributed by atoms with Crippen molar-refractivity contribution in [3.05, 3.63) is 66.0 Å². The van der Waals surface area contributed by atoms with Crippen LogP contribution >= 0.6 is 0 Å². The minimum absolute atomic E-state index is 0.0517. The van der Waals surface area contributed by atoms with Crippen molar-refractivity contribution in [1.82, 2.24) is 15.1 Å². The average Bonchev–Trinajstić information content (AvgIpc) is 3.22. The van der Waals surface area contributed by atoms with Gasteiger partial charge in [-0.2, -0.15) is 5.10 Å². The highest BCUT2D eigenvalue weighted by atomic mass is 16.5. The smallest absolute Gasteiger partial charge is 0.307 e. The van der Waals surface area contributed by atoms with Crippen molar-refractivity contribution in [3.8, 4) is 22.6 Å². The van der Waals surface area contributed by atoms with Crippen LogP contribution in [0.2, 0.25) is 0 Å². The fourth-order valence-electron chi connectivity index (χ4n) is 3.18. The van der Waals surface area contributed by atoms with E-state index in [9.17, 15) is 9.59 Å². The second-order valence-electron chi connectivity index (χ2n) is 6.70. The summed E-state index contributed by atoms with van der Waals surface area (Å²) in [6.07, 6.45) is 3.50. The molecule has 0 bridgehead atoms. The van der Waals surface area contributed by atoms with Crippen molar-refractivity contribution in [2.45, 2.75) is 19.9 Å². The summed E-state index contributed by atoms with van der Waals surface area (Å²) in [6.45, 7) is 2.27. The van der Waals surface area contributed by atoms with Gasteiger partial charge in [-0.15, -0.1) is 0 Å². The molecule has 0 fully saturated rings. The molecule has 0 amide bonds. The maximum absolute atomic E-state index is 11.3. The number of ether oxygens (including phenoxy) is 1. The highest BCUT2D eigenvalue weighted by Crippen LogP contribution is 2.34. The number of nitrogens with one attached hydrogen (secondary N) is 1. The zero-order chi connectivity index (χ0) is 20.8. The van der Waals surface area contributed by atoms with Crippen LogP contribution < -0.4 is 10.1 Å². The quantitative estimate of drug-likeness (QED) is 0.581. The molecule has 3 aromatic rings. The summed E-state index contributed by atoms with van der Waals surface area (Å²) in [5, 5.41) is 16.6. The molecule has 7 nitrogen and oxygen atoms in total. The zero-order valence-corrected chi connectivity index (χ0v) is 16.4. The van der Waals surface area contributed by atoms with E-state index in [1.165, 1.54) is 6.92 Å². The van der Waals surface area contributed by atoms with E-state index >= 15 is 0 Å². The largest absolute Gasteiger partial charge is 0.496 e. The number of ketones is 1. The van der Waals surface area contributed by atoms with Crippen LogP contribution in [0.4, 0.5) is 0 Å². The standard InChI is InChI=1S/C22H23N3O4/c1-15(26)13-23-14-17-12-18(25-9-3-8-24-25)5-6-19(17)20-10-16(11-22(27)28)4-7-21(20)29-2/h3-10,12,23H,11,13-14H2,1-2H3,(H,27,28). The number of benzene rings is 2. The molecular formula is C22H23N3O4. The van der Waals surface area contributed by atoms with Gasteiger partial charge in [-0.05, 0) is 53.9 Å². The summed E-state index contributed by atoms with van der Waals surface area (Å²) in [4.78, 5) is 22.5. The third kappa shape index (κ3) is 5.08. The fourth-order valence-corrected chi connectivity index (χ4v) is 3.18. The first-order valence-corrected chi connectivity index (χ1v) is 9.20. The van der Waals surface area contributed by atoms with E-state index < -0.39 is 5.97 Å². The molecule has 0 aliphatic heterocycles. The number of carboxylic acid groups (broad SMARTS) is 1. The number of hydrogen-bond donors (Lipinski definition) is 2. The predicted molar refractivity (Wildman–Crippen MR) is 109 cm³/mol. The van der Waals surface area contributed by atoms with E-state index in [0.717, 1.165) is 22.4 Å². The topological polar surface area (TPSA) is 93.4 Å². The van der Waals surface area contributed by atoms with Crippen molar-refractivity contribution in [2.24, 2.45) is 0 Å². The van der Waals surface area contributed by atoms with Crippen LogP contribution in [0.25, 0.3) is 16.8 Å². The van der Waals surface area contributed by atoms with Gasteiger partial charge in [0.15, 0.2) is 0 Å². The molecule has 0 aliphatic carbocycles. The lowest BCUT2D eigenvalue weighted by Gasteiger charge is -2.16. The van der Waals surface area contributed by atoms with Gasteiger partial charge in [-0.1, -0.05) is 12.1 Å². The van der Waals surface area contributed by atoms with Crippen molar-refractivity contribution >= 4 is 11.8 Å². The van der Waals surface area contributed by atoms with Crippen LogP contribution in [0.1, 0.15) is 18.1 Å². The molecule has 29 heavy (non-hydrogen) atoms. The Morgan fingerprint density at radius 3 is 2.66 bits per heavy atom. The van der Waals surface area contributed by atoms with Crippen LogP contribution in [-0.4, -0.2) is 40.3 Å². The molecule has 150 valence electrons. The van der Waals surface area contributed by atoms with E-state index in [0.29, 0.717) is 17.9 Å². The molecule has 2 aromatic carbocycles. The van der Waals surface area contributed by atoms with Gasteiger partial charge in [0.05, 0.1) is 25.8 Å². The van der Waals surface area contributed by atoms with Crippen LogP contribution in [0, 0.1) is 0 Å². The Hall–Kier alpha value is -3.45. The third-order valence-electron chi connectivity index (χ3n) is 4.46. The summed E-state index contributed by atoms with van der Waals surface area (Å²) in [5.41, 5.74) is 4.23. The zero-order valence-electron chi connectivity index (χ0n) is 16.4. The molecule has 0 saturated heterocycles. The second kappa shape index (κ2) is 9.16. The van der Waals surface area contributed by atoms with Crippen LogP contribution in [0.15, 0.2) is 54.9 Å². The minimum Gasteiger partial charge on any atom is -0.496 e. The van der Waals surface area contributed by atoms with Gasteiger partial charge >= 0.3 is 5.97 Å². The lowest BCUT2D eigenvalue weighted by atomic mass is 9.95. The number of Topliss-reactive ketones (excluding diaryl/α,β-unsaturated/α-hetero) is 1. The highest BCUT2D eigenvalue weighted by molar-refractivity contribution is 5.78. The maximum atomic E-state index is 11.3. The Kier molecular flexibility index (Phi) is 6.41. The molecule has 0 atom stereocenters. The third-order valence-corrected chi connectivity index (χ3v) is 4.46. The van der Waals surface area contributed by atoms with E-state index in [2.05, 4.69) is 10.4 Å². The molecule has 0 aliphatic rings. The van der Waals surface area contributed by atoms with Crippen molar-refractivity contribution in [3.63, 3.8) is 0 Å². The number of methoxy groups -OCH3 is 1. The SMILES string of the molecule is COc1ccc(CC(=O)O)cc1-c1ccc(-n2cccn2)cc1CNCC(C)=O. The molecule has 0 unspecified atom stereocenters. The molecule has 0 spiro atoms. The number of nitrogens with zero attached hydrogens (tertiary/aromatic N) is 2. The number of carbonyl (C=O) groups excluding carboxylic acids is 1. The van der Waals surface area contributed by atoms with Gasteiger partial charge in [-0.25, -0.2) is 4.68 Å². The number of aromatic nitrogens is 2. The van der Waals surface area contributed by atoms with E-state index in [4.69, 9.17) is 9.84 Å². The second-order valence-corrected chi connectivity index (χ2v) is 6.70. The Morgan fingerprint density at radius 2 is 2.00 bits per heavy atom. The summed E-state index contributed by atoms with van der Waals surface area (Å²) < 4.78 is 7.28. The predicted octanol–water partition coefficient (Wildman–Crippen LogP) is 2.85. The molecule has 1 aromatic heterocycles. The number of aliphatic carboxylic acids is 1. The summed E-state index contributed by atoms with van der Waals surface area (Å²) >= 11 is 0. The van der Waals surface area contributed by atoms with Gasteiger partial charge in [0.1, 0.15) is 11.5 Å². The van der Waals surface area contributed by atoms with E-state index in [1.54, 1.807) is 30.1 Å². The molecule has 2 N–H and O–H groups in total. The maximum Gasteiger partial charge on any atom is 0.307 e. The summed E-state index contributed by atoms with van der Waals surface area (Å²) in [7, 11) is 1.58. The molecule has 3 rings (SSSR count). The lowest BCUT2D eigenvalue weighted by molar-refractivity contribution is -0.136. The van der Waals surface area contributed by atoms with Crippen LogP contribution in [0.3, 0.4) is 0 Å². The van der Waals surface area contributed by atoms with Gasteiger partial charge in [0.25, 0.3) is 0 Å². The first-order chi connectivity index (χ1) is 14.0. The molecular weight excluding hydrogens is 370 g/mol. The van der Waals surface area contributed by atoms with E-state index in [-0.39, 0.29) is 18.7 Å². The molecule has 0 radical (unpaired) electrons. The fraction of sp³-hybridized carbons (Fsp3) is 0.227. The lowest BCUT2D eigenvalue weighted by Crippen LogP contribution is -2.20. The average molecular weight is 393 g/mol. The molecule has 7 heteroatoms. The summed E-state index contributed by atoms with van der Waals surface area (Å²) in [5.74, 6) is -0.187. The Balaban J connectivity index is 2.06. The Morgan fingerprint density at radius 1 is 1.17 bits per heavy atom.